The van der Waals surface area contributed by atoms with E-state index in [4.69, 9.17) is 37.0 Å². The minimum Gasteiger partial charge on any atom is -0.462 e. The normalized spacial score (nSPS) is 14.0. The molecular weight excluding hydrogens is 1320 g/mol. The standard InChI is InChI=1S/C82H156O17P2/c1-6-9-12-15-18-21-24-27-30-32-34-37-39-42-45-50-55-60-65-79(84)92-71-77(98-81(86)68-63-58-52-47-44-41-38-35-33-31-28-25-22-19-16-13-10-7-2)73-96-100(88,89)94-69-76(83)70-95-101(90,91)97-74-78(72-93-80(85)66-61-56-53-48-49-54-59-64-75(4)5)99-82(87)67-62-57-51-46-43-40-36-29-26-23-20-17-14-11-8-3/h23,26,29,36,75-78,83H,6-22,24-25,27-28,30-35,37-74H2,1-5H3,(H,88,89)(H,90,91)/b26-23-,36-29-/t76-,77-,78-/m1/s1. The summed E-state index contributed by atoms with van der Waals surface area (Å²) in [5.41, 5.74) is 0. The van der Waals surface area contributed by atoms with Gasteiger partial charge in [0, 0.05) is 25.7 Å². The Hall–Kier alpha value is -2.46. The lowest BCUT2D eigenvalue weighted by molar-refractivity contribution is -0.161. The largest absolute Gasteiger partial charge is 0.472 e. The van der Waals surface area contributed by atoms with Crippen LogP contribution in [-0.4, -0.2) is 96.7 Å². The summed E-state index contributed by atoms with van der Waals surface area (Å²) in [4.78, 5) is 73.0. The third-order valence-corrected chi connectivity index (χ3v) is 20.6. The van der Waals surface area contributed by atoms with E-state index in [9.17, 15) is 43.2 Å². The van der Waals surface area contributed by atoms with Crippen LogP contribution in [0, 0.1) is 5.92 Å². The molecule has 0 fully saturated rings. The van der Waals surface area contributed by atoms with Crippen molar-refractivity contribution < 1.29 is 80.2 Å². The highest BCUT2D eigenvalue weighted by molar-refractivity contribution is 7.47. The summed E-state index contributed by atoms with van der Waals surface area (Å²) in [6.07, 6.45) is 68.9. The van der Waals surface area contributed by atoms with Crippen LogP contribution >= 0.6 is 15.6 Å². The molecule has 0 rings (SSSR count). The number of phosphoric acid groups is 2. The number of aliphatic hydroxyl groups is 1. The quantitative estimate of drug-likeness (QED) is 0.0169. The lowest BCUT2D eigenvalue weighted by Gasteiger charge is -2.21. The van der Waals surface area contributed by atoms with Crippen molar-refractivity contribution >= 4 is 39.5 Å². The van der Waals surface area contributed by atoms with E-state index in [-0.39, 0.29) is 25.7 Å². The molecule has 0 amide bonds. The smallest absolute Gasteiger partial charge is 0.462 e. The molecule has 0 aromatic rings. The van der Waals surface area contributed by atoms with Crippen molar-refractivity contribution in [2.45, 2.75) is 432 Å². The summed E-state index contributed by atoms with van der Waals surface area (Å²) in [5.74, 6) is -1.44. The fourth-order valence-corrected chi connectivity index (χ4v) is 13.8. The Labute approximate surface area is 618 Å². The summed E-state index contributed by atoms with van der Waals surface area (Å²) >= 11 is 0. The molecule has 0 aliphatic heterocycles. The molecule has 3 N–H and O–H groups in total. The topological polar surface area (TPSA) is 237 Å². The van der Waals surface area contributed by atoms with Crippen molar-refractivity contribution in [1.82, 2.24) is 0 Å². The maximum atomic E-state index is 13.1. The number of carbonyl (C=O) groups is 4. The first-order valence-electron chi connectivity index (χ1n) is 42.0. The Morgan fingerprint density at radius 1 is 0.307 bits per heavy atom. The highest BCUT2D eigenvalue weighted by Crippen LogP contribution is 2.45. The maximum Gasteiger partial charge on any atom is 0.472 e. The van der Waals surface area contributed by atoms with Crippen LogP contribution in [0.25, 0.3) is 0 Å². The molecule has 0 aliphatic rings. The number of rotatable bonds is 80. The molecule has 19 heteroatoms. The van der Waals surface area contributed by atoms with Crippen LogP contribution in [-0.2, 0) is 65.4 Å². The van der Waals surface area contributed by atoms with Crippen molar-refractivity contribution in [2.75, 3.05) is 39.6 Å². The van der Waals surface area contributed by atoms with Gasteiger partial charge in [-0.15, -0.1) is 0 Å². The Bertz CT molecular complexity index is 2020. The van der Waals surface area contributed by atoms with E-state index in [1.807, 2.05) is 0 Å². The zero-order chi connectivity index (χ0) is 74.1. The SMILES string of the molecule is CCCCCC/C=C\C=C/CCCCCCCC(=O)O[C@H](COC(=O)CCCCCCCCCC(C)C)COP(=O)(O)OC[C@H](O)COP(=O)(O)OC[C@@H](COC(=O)CCCCCCCCCCCCCCCCCCCC)OC(=O)CCCCCCCCCCCCCCCCCCCC. The van der Waals surface area contributed by atoms with Crippen LogP contribution < -0.4 is 0 Å². The molecule has 0 aliphatic carbocycles. The average molecular weight is 1480 g/mol. The molecule has 2 unspecified atom stereocenters. The third kappa shape index (κ3) is 75.6. The van der Waals surface area contributed by atoms with Crippen LogP contribution in [0.4, 0.5) is 0 Å². The van der Waals surface area contributed by atoms with Gasteiger partial charge in [-0.25, -0.2) is 9.13 Å². The number of carbonyl (C=O) groups excluding carboxylic acids is 4. The van der Waals surface area contributed by atoms with E-state index in [1.54, 1.807) is 0 Å². The monoisotopic (exact) mass is 1480 g/mol. The van der Waals surface area contributed by atoms with Crippen molar-refractivity contribution in [3.8, 4) is 0 Å². The highest BCUT2D eigenvalue weighted by atomic mass is 31.2. The molecule has 0 radical (unpaired) electrons. The zero-order valence-corrected chi connectivity index (χ0v) is 67.3. The Balaban J connectivity index is 5.27. The van der Waals surface area contributed by atoms with Gasteiger partial charge in [-0.05, 0) is 57.3 Å². The molecule has 0 spiro atoms. The lowest BCUT2D eigenvalue weighted by atomic mass is 10.0. The first kappa shape index (κ1) is 98.5. The minimum absolute atomic E-state index is 0.0847. The van der Waals surface area contributed by atoms with E-state index in [0.717, 1.165) is 109 Å². The van der Waals surface area contributed by atoms with Gasteiger partial charge in [-0.1, -0.05) is 361 Å². The zero-order valence-electron chi connectivity index (χ0n) is 65.5. The van der Waals surface area contributed by atoms with E-state index in [1.165, 1.54) is 218 Å². The Kier molecular flexibility index (Phi) is 72.6. The van der Waals surface area contributed by atoms with Crippen LogP contribution in [0.3, 0.4) is 0 Å². The molecule has 17 nitrogen and oxygen atoms in total. The number of hydrogen-bond donors (Lipinski definition) is 3. The molecule has 0 aromatic heterocycles. The van der Waals surface area contributed by atoms with Gasteiger partial charge >= 0.3 is 39.5 Å². The molecule has 0 aromatic carbocycles. The number of unbranched alkanes of at least 4 members (excludes halogenated alkanes) is 49. The van der Waals surface area contributed by atoms with Gasteiger partial charge in [0.1, 0.15) is 19.3 Å². The average Bonchev–Trinajstić information content (AvgIpc) is 0.971. The highest BCUT2D eigenvalue weighted by Gasteiger charge is 2.30. The van der Waals surface area contributed by atoms with Crippen LogP contribution in [0.2, 0.25) is 0 Å². The molecule has 0 heterocycles. The second kappa shape index (κ2) is 74.4. The summed E-state index contributed by atoms with van der Waals surface area (Å²) in [6.45, 7) is 7.21. The molecule has 101 heavy (non-hydrogen) atoms. The first-order chi connectivity index (χ1) is 49.0. The molecule has 0 saturated carbocycles. The summed E-state index contributed by atoms with van der Waals surface area (Å²) in [5, 5.41) is 10.6. The van der Waals surface area contributed by atoms with Gasteiger partial charge in [0.15, 0.2) is 12.2 Å². The Morgan fingerprint density at radius 3 is 0.812 bits per heavy atom. The minimum atomic E-state index is -4.97. The number of phosphoric ester groups is 2. The van der Waals surface area contributed by atoms with Gasteiger partial charge in [-0.3, -0.25) is 37.3 Å². The predicted molar refractivity (Wildman–Crippen MR) is 414 cm³/mol. The van der Waals surface area contributed by atoms with E-state index in [2.05, 4.69) is 58.9 Å². The Morgan fingerprint density at radius 2 is 0.535 bits per heavy atom. The summed E-state index contributed by atoms with van der Waals surface area (Å²) in [7, 11) is -9.93. The first-order valence-corrected chi connectivity index (χ1v) is 44.9. The number of esters is 4. The molecule has 0 bridgehead atoms. The number of ether oxygens (including phenoxy) is 4. The van der Waals surface area contributed by atoms with Crippen LogP contribution in [0.1, 0.15) is 413 Å². The van der Waals surface area contributed by atoms with Crippen molar-refractivity contribution in [3.05, 3.63) is 24.3 Å². The van der Waals surface area contributed by atoms with E-state index >= 15 is 0 Å². The second-order valence-corrected chi connectivity index (χ2v) is 32.2. The predicted octanol–water partition coefficient (Wildman–Crippen LogP) is 24.4. The molecule has 596 valence electrons. The third-order valence-electron chi connectivity index (χ3n) is 18.7. The van der Waals surface area contributed by atoms with Crippen LogP contribution in [0.5, 0.6) is 0 Å². The molecule has 0 saturated heterocycles. The van der Waals surface area contributed by atoms with Gasteiger partial charge in [0.05, 0.1) is 26.4 Å². The van der Waals surface area contributed by atoms with Gasteiger partial charge in [0.2, 0.25) is 0 Å². The number of aliphatic hydroxyl groups excluding tert-OH is 1. The van der Waals surface area contributed by atoms with E-state index < -0.39 is 97.5 Å². The van der Waals surface area contributed by atoms with Crippen molar-refractivity contribution in [2.24, 2.45) is 5.92 Å². The number of allylic oxidation sites excluding steroid dienone is 4. The van der Waals surface area contributed by atoms with Gasteiger partial charge in [-0.2, -0.15) is 0 Å². The lowest BCUT2D eigenvalue weighted by Crippen LogP contribution is -2.30. The second-order valence-electron chi connectivity index (χ2n) is 29.3. The fourth-order valence-electron chi connectivity index (χ4n) is 12.2. The van der Waals surface area contributed by atoms with Crippen molar-refractivity contribution in [1.29, 1.82) is 0 Å². The summed E-state index contributed by atoms with van der Waals surface area (Å²) < 4.78 is 68.7. The molecular formula is C82H156O17P2. The maximum absolute atomic E-state index is 13.1. The van der Waals surface area contributed by atoms with Gasteiger partial charge < -0.3 is 33.8 Å². The summed E-state index contributed by atoms with van der Waals surface area (Å²) in [6, 6.07) is 0. The van der Waals surface area contributed by atoms with Gasteiger partial charge in [0.25, 0.3) is 0 Å². The van der Waals surface area contributed by atoms with Crippen molar-refractivity contribution in [3.63, 3.8) is 0 Å². The molecule has 5 atom stereocenters. The van der Waals surface area contributed by atoms with Crippen LogP contribution in [0.15, 0.2) is 24.3 Å². The van der Waals surface area contributed by atoms with E-state index in [0.29, 0.717) is 31.6 Å². The number of hydrogen-bond acceptors (Lipinski definition) is 15. The fraction of sp³-hybridized carbons (Fsp3) is 0.902.